The minimum atomic E-state index is -0.0898. The van der Waals surface area contributed by atoms with Gasteiger partial charge in [-0.25, -0.2) is 0 Å². The maximum Gasteiger partial charge on any atom is 0.0540 e. The summed E-state index contributed by atoms with van der Waals surface area (Å²) in [4.78, 5) is 2.43. The van der Waals surface area contributed by atoms with Crippen molar-refractivity contribution in [1.29, 1.82) is 0 Å². The highest BCUT2D eigenvalue weighted by molar-refractivity contribution is 7.25. The van der Waals surface area contributed by atoms with E-state index < -0.39 is 0 Å². The molecule has 1 aromatic heterocycles. The molecule has 11 rings (SSSR count). The van der Waals surface area contributed by atoms with Crippen molar-refractivity contribution in [3.8, 4) is 44.5 Å². The summed E-state index contributed by atoms with van der Waals surface area (Å²) in [6.45, 7) is 4.73. The lowest BCUT2D eigenvalue weighted by Gasteiger charge is -2.29. The molecule has 0 saturated heterocycles. The van der Waals surface area contributed by atoms with Gasteiger partial charge in [-0.15, -0.1) is 11.3 Å². The Morgan fingerprint density at radius 3 is 1.74 bits per heavy atom. The smallest absolute Gasteiger partial charge is 0.0540 e. The van der Waals surface area contributed by atoms with Gasteiger partial charge in [0, 0.05) is 42.5 Å². The molecular weight excluding hydrogens is 707 g/mol. The first-order chi connectivity index (χ1) is 28.0. The second-order valence-corrected chi connectivity index (χ2v) is 16.8. The van der Waals surface area contributed by atoms with Crippen LogP contribution in [0.25, 0.3) is 75.5 Å². The first-order valence-electron chi connectivity index (χ1n) is 19.8. The molecule has 0 aliphatic heterocycles. The molecule has 1 aliphatic carbocycles. The van der Waals surface area contributed by atoms with Gasteiger partial charge in [0.05, 0.1) is 5.69 Å². The van der Waals surface area contributed by atoms with E-state index >= 15 is 0 Å². The van der Waals surface area contributed by atoms with Crippen LogP contribution in [0.2, 0.25) is 0 Å². The van der Waals surface area contributed by atoms with Crippen molar-refractivity contribution >= 4 is 59.3 Å². The average molecular weight is 746 g/mol. The van der Waals surface area contributed by atoms with E-state index in [0.29, 0.717) is 0 Å². The standard InChI is InChI=1S/C55H39NS/c1-55(2)50-22-8-5-17-46(50)49-21-12-20-45(54(49)55)38-27-32-41(33-28-38)56(40-30-25-37(26-31-40)43-19-11-14-36-13-3-4-15-42(36)43)51-23-9-6-16-44(51)39-29-34-48-47-18-7-10-24-52(47)57-53(48)35-39/h3-35H,1-2H3. The van der Waals surface area contributed by atoms with E-state index in [9.17, 15) is 0 Å². The molecule has 0 amide bonds. The second-order valence-electron chi connectivity index (χ2n) is 15.7. The van der Waals surface area contributed by atoms with E-state index in [0.717, 1.165) is 17.1 Å². The third-order valence-corrected chi connectivity index (χ3v) is 13.2. The lowest BCUT2D eigenvalue weighted by molar-refractivity contribution is 0.662. The molecule has 0 saturated carbocycles. The number of nitrogens with zero attached hydrogens (tertiary/aromatic N) is 1. The van der Waals surface area contributed by atoms with Gasteiger partial charge in [0.2, 0.25) is 0 Å². The van der Waals surface area contributed by atoms with Gasteiger partial charge in [0.15, 0.2) is 0 Å². The van der Waals surface area contributed by atoms with Gasteiger partial charge < -0.3 is 4.90 Å². The molecular formula is C55H39NS. The van der Waals surface area contributed by atoms with Crippen molar-refractivity contribution < 1.29 is 0 Å². The Balaban J connectivity index is 1.05. The van der Waals surface area contributed by atoms with Crippen molar-refractivity contribution in [1.82, 2.24) is 0 Å². The molecule has 2 heteroatoms. The molecule has 1 nitrogen and oxygen atoms in total. The predicted molar refractivity (Wildman–Crippen MR) is 245 cm³/mol. The molecule has 0 bridgehead atoms. The summed E-state index contributed by atoms with van der Waals surface area (Å²) >= 11 is 1.87. The maximum atomic E-state index is 2.43. The largest absolute Gasteiger partial charge is 0.310 e. The van der Waals surface area contributed by atoms with Crippen LogP contribution in [0.5, 0.6) is 0 Å². The zero-order valence-corrected chi connectivity index (χ0v) is 32.7. The molecule has 1 aliphatic rings. The van der Waals surface area contributed by atoms with Crippen LogP contribution >= 0.6 is 11.3 Å². The molecule has 0 fully saturated rings. The van der Waals surface area contributed by atoms with E-state index in [1.54, 1.807) is 0 Å². The Kier molecular flexibility index (Phi) is 7.77. The van der Waals surface area contributed by atoms with Gasteiger partial charge in [0.25, 0.3) is 0 Å². The summed E-state index contributed by atoms with van der Waals surface area (Å²) < 4.78 is 2.63. The molecule has 0 N–H and O–H groups in total. The van der Waals surface area contributed by atoms with Crippen molar-refractivity contribution in [2.75, 3.05) is 4.90 Å². The van der Waals surface area contributed by atoms with Crippen LogP contribution in [0.3, 0.4) is 0 Å². The highest BCUT2D eigenvalue weighted by Gasteiger charge is 2.37. The molecule has 1 heterocycles. The zero-order valence-electron chi connectivity index (χ0n) is 31.9. The summed E-state index contributed by atoms with van der Waals surface area (Å²) in [5, 5.41) is 5.15. The number of para-hydroxylation sites is 1. The normalized spacial score (nSPS) is 12.9. The van der Waals surface area contributed by atoms with Crippen LogP contribution in [-0.2, 0) is 5.41 Å². The van der Waals surface area contributed by atoms with Crippen molar-refractivity contribution in [2.24, 2.45) is 0 Å². The number of hydrogen-bond acceptors (Lipinski definition) is 2. The first-order valence-corrected chi connectivity index (χ1v) is 20.6. The van der Waals surface area contributed by atoms with Crippen LogP contribution in [0.15, 0.2) is 200 Å². The zero-order chi connectivity index (χ0) is 38.1. The van der Waals surface area contributed by atoms with Gasteiger partial charge in [0.1, 0.15) is 0 Å². The predicted octanol–water partition coefficient (Wildman–Crippen LogP) is 16.0. The molecule has 0 radical (unpaired) electrons. The molecule has 57 heavy (non-hydrogen) atoms. The van der Waals surface area contributed by atoms with Crippen LogP contribution in [0.1, 0.15) is 25.0 Å². The average Bonchev–Trinajstić information content (AvgIpc) is 3.76. The number of rotatable bonds is 6. The summed E-state index contributed by atoms with van der Waals surface area (Å²) in [6.07, 6.45) is 0. The Morgan fingerprint density at radius 1 is 0.386 bits per heavy atom. The molecule has 10 aromatic rings. The summed E-state index contributed by atoms with van der Waals surface area (Å²) in [5.41, 5.74) is 16.1. The van der Waals surface area contributed by atoms with E-state index in [-0.39, 0.29) is 5.41 Å². The van der Waals surface area contributed by atoms with Crippen LogP contribution in [0, 0.1) is 0 Å². The fourth-order valence-corrected chi connectivity index (χ4v) is 10.5. The Labute approximate surface area is 337 Å². The second kappa shape index (κ2) is 13.2. The lowest BCUT2D eigenvalue weighted by Crippen LogP contribution is -2.16. The molecule has 0 atom stereocenters. The van der Waals surface area contributed by atoms with Gasteiger partial charge in [-0.3, -0.25) is 0 Å². The highest BCUT2D eigenvalue weighted by Crippen LogP contribution is 2.52. The fraction of sp³-hybridized carbons (Fsp3) is 0.0545. The van der Waals surface area contributed by atoms with Crippen LogP contribution < -0.4 is 4.90 Å². The molecule has 270 valence electrons. The van der Waals surface area contributed by atoms with Gasteiger partial charge in [-0.2, -0.15) is 0 Å². The quantitative estimate of drug-likeness (QED) is 0.164. The minimum absolute atomic E-state index is 0.0898. The number of benzene rings is 9. The first kappa shape index (κ1) is 33.6. The monoisotopic (exact) mass is 745 g/mol. The summed E-state index contributed by atoms with van der Waals surface area (Å²) in [7, 11) is 0. The van der Waals surface area contributed by atoms with Gasteiger partial charge in [-0.1, -0.05) is 172 Å². The molecule has 9 aromatic carbocycles. The topological polar surface area (TPSA) is 3.24 Å². The summed E-state index contributed by atoms with van der Waals surface area (Å²) in [5.74, 6) is 0. The van der Waals surface area contributed by atoms with E-state index in [1.807, 2.05) is 11.3 Å². The van der Waals surface area contributed by atoms with Crippen molar-refractivity contribution in [2.45, 2.75) is 19.3 Å². The number of thiophene rings is 1. The number of anilines is 3. The Bertz CT molecular complexity index is 3140. The molecule has 0 spiro atoms. The van der Waals surface area contributed by atoms with Gasteiger partial charge >= 0.3 is 0 Å². The number of hydrogen-bond donors (Lipinski definition) is 0. The van der Waals surface area contributed by atoms with Crippen LogP contribution in [0.4, 0.5) is 17.1 Å². The fourth-order valence-electron chi connectivity index (χ4n) is 9.38. The van der Waals surface area contributed by atoms with Crippen molar-refractivity contribution in [3.05, 3.63) is 211 Å². The van der Waals surface area contributed by atoms with E-state index in [4.69, 9.17) is 0 Å². The third-order valence-electron chi connectivity index (χ3n) is 12.1. The SMILES string of the molecule is CC1(C)c2ccccc2-c2cccc(-c3ccc(N(c4ccc(-c5cccc6ccccc56)cc4)c4ccccc4-c4ccc5c(c4)sc4ccccc45)cc3)c21. The third kappa shape index (κ3) is 5.44. The Morgan fingerprint density at radius 2 is 0.930 bits per heavy atom. The maximum absolute atomic E-state index is 2.43. The Hall–Kier alpha value is -6.74. The lowest BCUT2D eigenvalue weighted by atomic mass is 9.79. The van der Waals surface area contributed by atoms with E-state index in [2.05, 4.69) is 219 Å². The number of fused-ring (bicyclic) bond motifs is 7. The minimum Gasteiger partial charge on any atom is -0.310 e. The molecule has 0 unspecified atom stereocenters. The van der Waals surface area contributed by atoms with Gasteiger partial charge in [-0.05, 0) is 103 Å². The van der Waals surface area contributed by atoms with E-state index in [1.165, 1.54) is 86.6 Å². The highest BCUT2D eigenvalue weighted by atomic mass is 32.1. The van der Waals surface area contributed by atoms with Crippen molar-refractivity contribution in [3.63, 3.8) is 0 Å². The van der Waals surface area contributed by atoms with Crippen LogP contribution in [-0.4, -0.2) is 0 Å². The summed E-state index contributed by atoms with van der Waals surface area (Å²) in [6, 6.07) is 73.8.